The molecule has 1 heterocycles. The van der Waals surface area contributed by atoms with Gasteiger partial charge in [-0.3, -0.25) is 4.57 Å². The molecule has 2 aromatic rings. The minimum Gasteiger partial charge on any atom is -0.493 e. The Labute approximate surface area is 111 Å². The van der Waals surface area contributed by atoms with E-state index in [9.17, 15) is 18.0 Å². The molecule has 0 saturated carbocycles. The molecule has 0 N–H and O–H groups in total. The van der Waals surface area contributed by atoms with Crippen LogP contribution in [0.4, 0.5) is 13.2 Å². The van der Waals surface area contributed by atoms with E-state index in [1.165, 1.54) is 33.4 Å². The highest BCUT2D eigenvalue weighted by Crippen LogP contribution is 2.41. The van der Waals surface area contributed by atoms with Gasteiger partial charge in [0, 0.05) is 7.05 Å². The SMILES string of the molecule is COc1ccc2c(c(C(F)(F)F)nc(=O)n2C)c1OC. The lowest BCUT2D eigenvalue weighted by Crippen LogP contribution is -2.25. The number of nitrogens with zero attached hydrogens (tertiary/aromatic N) is 2. The van der Waals surface area contributed by atoms with Crippen molar-refractivity contribution in [3.63, 3.8) is 0 Å². The molecular weight excluding hydrogens is 277 g/mol. The van der Waals surface area contributed by atoms with Gasteiger partial charge in [0.2, 0.25) is 0 Å². The van der Waals surface area contributed by atoms with E-state index in [2.05, 4.69) is 4.98 Å². The largest absolute Gasteiger partial charge is 0.493 e. The van der Waals surface area contributed by atoms with Crippen LogP contribution in [-0.2, 0) is 13.2 Å². The lowest BCUT2D eigenvalue weighted by molar-refractivity contribution is -0.140. The maximum Gasteiger partial charge on any atom is 0.434 e. The first-order chi connectivity index (χ1) is 9.31. The monoisotopic (exact) mass is 288 g/mol. The Hall–Kier alpha value is -2.25. The van der Waals surface area contributed by atoms with Gasteiger partial charge >= 0.3 is 11.9 Å². The second-order valence-electron chi connectivity index (χ2n) is 3.99. The van der Waals surface area contributed by atoms with Crippen molar-refractivity contribution >= 4 is 10.9 Å². The molecule has 0 unspecified atom stereocenters. The van der Waals surface area contributed by atoms with Crippen LogP contribution in [0.15, 0.2) is 16.9 Å². The minimum atomic E-state index is -4.77. The van der Waals surface area contributed by atoms with Crippen molar-refractivity contribution in [2.24, 2.45) is 7.05 Å². The number of hydrogen-bond donors (Lipinski definition) is 0. The zero-order valence-corrected chi connectivity index (χ0v) is 10.9. The molecule has 0 saturated heterocycles. The van der Waals surface area contributed by atoms with Crippen LogP contribution in [0.3, 0.4) is 0 Å². The van der Waals surface area contributed by atoms with Gasteiger partial charge in [0.1, 0.15) is 0 Å². The van der Waals surface area contributed by atoms with Crippen LogP contribution in [0.1, 0.15) is 5.69 Å². The second kappa shape index (κ2) is 4.69. The first-order valence-electron chi connectivity index (χ1n) is 5.50. The van der Waals surface area contributed by atoms with Crippen LogP contribution >= 0.6 is 0 Å². The summed E-state index contributed by atoms with van der Waals surface area (Å²) in [6.07, 6.45) is -4.77. The quantitative estimate of drug-likeness (QED) is 0.847. The van der Waals surface area contributed by atoms with Crippen molar-refractivity contribution in [3.05, 3.63) is 28.3 Å². The number of benzene rings is 1. The molecule has 0 amide bonds. The van der Waals surface area contributed by atoms with E-state index < -0.39 is 17.6 Å². The van der Waals surface area contributed by atoms with Gasteiger partial charge in [-0.05, 0) is 12.1 Å². The Morgan fingerprint density at radius 3 is 2.35 bits per heavy atom. The molecule has 0 aliphatic rings. The normalized spacial score (nSPS) is 11.7. The summed E-state index contributed by atoms with van der Waals surface area (Å²) < 4.78 is 50.2. The third-order valence-corrected chi connectivity index (χ3v) is 2.88. The lowest BCUT2D eigenvalue weighted by atomic mass is 10.1. The summed E-state index contributed by atoms with van der Waals surface area (Å²) in [4.78, 5) is 14.6. The van der Waals surface area contributed by atoms with Crippen molar-refractivity contribution in [3.8, 4) is 11.5 Å². The molecule has 5 nitrogen and oxygen atoms in total. The average Bonchev–Trinajstić information content (AvgIpc) is 2.39. The molecule has 8 heteroatoms. The van der Waals surface area contributed by atoms with E-state index >= 15 is 0 Å². The third-order valence-electron chi connectivity index (χ3n) is 2.88. The van der Waals surface area contributed by atoms with Crippen molar-refractivity contribution in [2.45, 2.75) is 6.18 Å². The number of methoxy groups -OCH3 is 2. The molecule has 0 spiro atoms. The molecule has 1 aromatic carbocycles. The van der Waals surface area contributed by atoms with Crippen LogP contribution in [0.5, 0.6) is 11.5 Å². The molecule has 0 aliphatic heterocycles. The minimum absolute atomic E-state index is 0.0648. The summed E-state index contributed by atoms with van der Waals surface area (Å²) in [7, 11) is 3.87. The fourth-order valence-electron chi connectivity index (χ4n) is 1.96. The van der Waals surface area contributed by atoms with E-state index in [0.717, 1.165) is 4.57 Å². The van der Waals surface area contributed by atoms with Crippen molar-refractivity contribution in [1.82, 2.24) is 9.55 Å². The Bertz CT molecular complexity index is 722. The Balaban J connectivity index is 3.06. The second-order valence-corrected chi connectivity index (χ2v) is 3.99. The Kier molecular flexibility index (Phi) is 3.33. The van der Waals surface area contributed by atoms with Gasteiger partial charge in [0.25, 0.3) is 0 Å². The number of fused-ring (bicyclic) bond motifs is 1. The van der Waals surface area contributed by atoms with Crippen LogP contribution in [0.25, 0.3) is 10.9 Å². The zero-order chi connectivity index (χ0) is 15.1. The molecule has 0 radical (unpaired) electrons. The molecule has 0 atom stereocenters. The van der Waals surface area contributed by atoms with E-state index in [0.29, 0.717) is 0 Å². The lowest BCUT2D eigenvalue weighted by Gasteiger charge is -2.16. The molecule has 1 aromatic heterocycles. The van der Waals surface area contributed by atoms with Crippen LogP contribution in [-0.4, -0.2) is 23.8 Å². The predicted molar refractivity (Wildman–Crippen MR) is 65.1 cm³/mol. The number of halogens is 3. The molecule has 0 bridgehead atoms. The standard InChI is InChI=1S/C12H11F3N2O3/c1-17-6-4-5-7(19-2)9(20-3)8(6)10(12(13,14)15)16-11(17)18/h4-5H,1-3H3. The van der Waals surface area contributed by atoms with Gasteiger partial charge in [0.15, 0.2) is 17.2 Å². The smallest absolute Gasteiger partial charge is 0.434 e. The van der Waals surface area contributed by atoms with E-state index in [1.54, 1.807) is 0 Å². The van der Waals surface area contributed by atoms with Gasteiger partial charge in [-0.25, -0.2) is 4.79 Å². The molecular formula is C12H11F3N2O3. The highest BCUT2D eigenvalue weighted by molar-refractivity contribution is 5.90. The number of aromatic nitrogens is 2. The molecule has 0 aliphatic carbocycles. The molecule has 0 fully saturated rings. The topological polar surface area (TPSA) is 53.3 Å². The summed E-state index contributed by atoms with van der Waals surface area (Å²) >= 11 is 0. The molecule has 2 rings (SSSR count). The van der Waals surface area contributed by atoms with Gasteiger partial charge in [-0.15, -0.1) is 0 Å². The number of alkyl halides is 3. The Morgan fingerprint density at radius 1 is 1.20 bits per heavy atom. The fraction of sp³-hybridized carbons (Fsp3) is 0.333. The highest BCUT2D eigenvalue weighted by atomic mass is 19.4. The van der Waals surface area contributed by atoms with Crippen molar-refractivity contribution < 1.29 is 22.6 Å². The van der Waals surface area contributed by atoms with E-state index in [-0.39, 0.29) is 22.4 Å². The molecule has 108 valence electrons. The maximum absolute atomic E-state index is 13.1. The summed E-state index contributed by atoms with van der Waals surface area (Å²) in [6.45, 7) is 0. The first kappa shape index (κ1) is 14.2. The van der Waals surface area contributed by atoms with Gasteiger partial charge in [-0.1, -0.05) is 0 Å². The Morgan fingerprint density at radius 2 is 1.85 bits per heavy atom. The summed E-state index contributed by atoms with van der Waals surface area (Å²) in [5, 5.41) is -0.304. The number of aryl methyl sites for hydroxylation is 1. The number of hydrogen-bond acceptors (Lipinski definition) is 4. The summed E-state index contributed by atoms with van der Waals surface area (Å²) in [5.74, 6) is 0.0198. The van der Waals surface area contributed by atoms with Gasteiger partial charge < -0.3 is 9.47 Å². The fourth-order valence-corrected chi connectivity index (χ4v) is 1.96. The van der Waals surface area contributed by atoms with Crippen molar-refractivity contribution in [2.75, 3.05) is 14.2 Å². The predicted octanol–water partition coefficient (Wildman–Crippen LogP) is 1.97. The average molecular weight is 288 g/mol. The van der Waals surface area contributed by atoms with Crippen molar-refractivity contribution in [1.29, 1.82) is 0 Å². The summed E-state index contributed by atoms with van der Waals surface area (Å²) in [5.41, 5.74) is -2.21. The van der Waals surface area contributed by atoms with Crippen LogP contribution in [0, 0.1) is 0 Å². The van der Waals surface area contributed by atoms with Crippen LogP contribution < -0.4 is 15.2 Å². The number of rotatable bonds is 2. The third kappa shape index (κ3) is 2.06. The maximum atomic E-state index is 13.1. The zero-order valence-electron chi connectivity index (χ0n) is 10.9. The molecule has 20 heavy (non-hydrogen) atoms. The van der Waals surface area contributed by atoms with E-state index in [1.807, 2.05) is 0 Å². The number of ether oxygens (including phenoxy) is 2. The van der Waals surface area contributed by atoms with Gasteiger partial charge in [0.05, 0.1) is 25.1 Å². The summed E-state index contributed by atoms with van der Waals surface area (Å²) in [6, 6.07) is 2.79. The highest BCUT2D eigenvalue weighted by Gasteiger charge is 2.37. The van der Waals surface area contributed by atoms with Gasteiger partial charge in [-0.2, -0.15) is 18.2 Å². The van der Waals surface area contributed by atoms with E-state index in [4.69, 9.17) is 9.47 Å². The van der Waals surface area contributed by atoms with Crippen LogP contribution in [0.2, 0.25) is 0 Å². The first-order valence-corrected chi connectivity index (χ1v) is 5.50.